The van der Waals surface area contributed by atoms with Crippen LogP contribution in [0.4, 0.5) is 0 Å². The van der Waals surface area contributed by atoms with E-state index in [1.165, 1.54) is 93.4 Å². The van der Waals surface area contributed by atoms with Crippen molar-refractivity contribution in [2.24, 2.45) is 0 Å². The number of hydrogen-bond donors (Lipinski definition) is 0. The predicted octanol–water partition coefficient (Wildman–Crippen LogP) is 32.6. The van der Waals surface area contributed by atoms with Gasteiger partial charge >= 0.3 is 0 Å². The number of hydrogen-bond acceptors (Lipinski definition) is 3. The van der Waals surface area contributed by atoms with Crippen LogP contribution in [0.5, 0.6) is 0 Å². The maximum Gasteiger partial charge on any atom is 0.0702 e. The van der Waals surface area contributed by atoms with Gasteiger partial charge in [-0.15, -0.1) is 0 Å². The Balaban J connectivity index is 0.651. The van der Waals surface area contributed by atoms with Gasteiger partial charge in [0.15, 0.2) is 0 Å². The van der Waals surface area contributed by atoms with E-state index in [0.29, 0.717) is 0 Å². The third kappa shape index (κ3) is 14.3. The Labute approximate surface area is 760 Å². The van der Waals surface area contributed by atoms with E-state index in [2.05, 4.69) is 463 Å². The second-order valence-electron chi connectivity index (χ2n) is 34.0. The standard InChI is InChI=1S/C125H84N6/c1-4-26-84(27-5-1)91-57-68-123-114(77-91)108-36-14-17-42-120(108)129(123)99-60-49-88(50-61-99)111-80-94(117-39-20-23-71-126-117)48-47-87(111)46-45-83-74-97(102-32-10-12-34-104(102)106-66-55-95(118-40-21-24-72-127-118)81-112(106)89-51-62-100(63-52-89)130-121-43-18-15-37-109(121)115-78-92(58-69-124(115)130)85-28-6-2-7-29-85)76-98(75-83)103-33-11-13-35-105(103)107-67-56-96(119-41-22-25-73-128-119)82-113(107)90-53-64-101(65-54-90)131-122-44-19-16-38-110(122)116-79-93(59-70-125(116)131)86-30-8-3-9-31-86/h1-44,47-82H,45-46H2. The molecule has 0 N–H and O–H groups in total. The summed E-state index contributed by atoms with van der Waals surface area (Å²) in [6, 6.07) is 172. The monoisotopic (exact) mass is 1670 g/mol. The summed E-state index contributed by atoms with van der Waals surface area (Å²) in [7, 11) is 0. The number of fused-ring (bicyclic) bond motifs is 9. The average molecular weight is 1670 g/mol. The lowest BCUT2D eigenvalue weighted by atomic mass is 9.84. The van der Waals surface area contributed by atoms with Crippen molar-refractivity contribution in [3.05, 3.63) is 497 Å². The van der Waals surface area contributed by atoms with Gasteiger partial charge in [0.25, 0.3) is 0 Å². The molecule has 131 heavy (non-hydrogen) atoms. The summed E-state index contributed by atoms with van der Waals surface area (Å²) in [5.41, 5.74) is 41.5. The van der Waals surface area contributed by atoms with Gasteiger partial charge in [-0.3, -0.25) is 15.0 Å². The smallest absolute Gasteiger partial charge is 0.0702 e. The number of nitrogens with zero attached hydrogens (tertiary/aromatic N) is 6. The maximum absolute atomic E-state index is 4.95. The first-order chi connectivity index (χ1) is 64.9. The van der Waals surface area contributed by atoms with Crippen LogP contribution in [0.3, 0.4) is 0 Å². The van der Waals surface area contributed by atoms with Gasteiger partial charge in [-0.2, -0.15) is 0 Å². The largest absolute Gasteiger partial charge is 0.309 e. The topological polar surface area (TPSA) is 53.5 Å². The van der Waals surface area contributed by atoms with Crippen molar-refractivity contribution >= 4 is 65.4 Å². The van der Waals surface area contributed by atoms with Crippen molar-refractivity contribution in [2.75, 3.05) is 0 Å². The molecule has 0 bridgehead atoms. The quantitative estimate of drug-likeness (QED) is 0.0811. The zero-order valence-electron chi connectivity index (χ0n) is 71.8. The Morgan fingerprint density at radius 2 is 0.443 bits per heavy atom. The molecule has 24 aromatic rings. The molecular formula is C125H84N6. The molecule has 614 valence electrons. The third-order valence-electron chi connectivity index (χ3n) is 26.4. The molecule has 0 spiro atoms. The van der Waals surface area contributed by atoms with Crippen LogP contribution in [-0.2, 0) is 12.8 Å². The molecule has 0 radical (unpaired) electrons. The van der Waals surface area contributed by atoms with Crippen molar-refractivity contribution in [3.8, 4) is 162 Å². The second kappa shape index (κ2) is 33.3. The molecular weight excluding hydrogens is 1590 g/mol. The van der Waals surface area contributed by atoms with Crippen molar-refractivity contribution in [1.29, 1.82) is 0 Å². The minimum absolute atomic E-state index is 0.735. The van der Waals surface area contributed by atoms with Crippen molar-refractivity contribution < 1.29 is 0 Å². The fourth-order valence-corrected chi connectivity index (χ4v) is 20.1. The lowest BCUT2D eigenvalue weighted by Gasteiger charge is -2.20. The summed E-state index contributed by atoms with van der Waals surface area (Å²) in [5, 5.41) is 7.32. The van der Waals surface area contributed by atoms with E-state index < -0.39 is 0 Å². The lowest BCUT2D eigenvalue weighted by Crippen LogP contribution is -1.99. The van der Waals surface area contributed by atoms with Gasteiger partial charge in [-0.05, 0) is 287 Å². The van der Waals surface area contributed by atoms with Gasteiger partial charge in [-0.25, -0.2) is 0 Å². The SMILES string of the molecule is c1ccc(-c2ccc3c(c2)c2ccccc2n3-c2ccc(-c3cc(-c4ccccn4)ccc3CCc3cc(-c4ccccc4-c4ccc(-c5ccccn5)cc4-c4ccc(-n5c6ccccc6c6cc(-c7ccccc7)ccc65)cc4)cc(-c4ccccc4-c4ccc(-c5ccccn5)cc4-c4ccc(-n5c6ccccc6c6cc(-c7ccccc7)ccc65)cc4)c3)cc2)cc1. The molecule has 0 aliphatic rings. The predicted molar refractivity (Wildman–Crippen MR) is 547 cm³/mol. The van der Waals surface area contributed by atoms with E-state index in [9.17, 15) is 0 Å². The molecule has 0 aliphatic carbocycles. The number of aryl methyl sites for hydroxylation is 2. The molecule has 6 nitrogen and oxygen atoms in total. The van der Waals surface area contributed by atoms with Gasteiger partial charge in [0.2, 0.25) is 0 Å². The summed E-state index contributed by atoms with van der Waals surface area (Å²) in [6.45, 7) is 0. The summed E-state index contributed by atoms with van der Waals surface area (Å²) >= 11 is 0. The molecule has 6 heteroatoms. The Morgan fingerprint density at radius 1 is 0.153 bits per heavy atom. The molecule has 0 amide bonds. The van der Waals surface area contributed by atoms with Crippen LogP contribution in [0.25, 0.3) is 228 Å². The van der Waals surface area contributed by atoms with Crippen LogP contribution in [0.2, 0.25) is 0 Å². The minimum atomic E-state index is 0.735. The van der Waals surface area contributed by atoms with Crippen molar-refractivity contribution in [1.82, 2.24) is 28.7 Å². The van der Waals surface area contributed by atoms with E-state index in [-0.39, 0.29) is 0 Å². The molecule has 18 aromatic carbocycles. The highest BCUT2D eigenvalue weighted by Crippen LogP contribution is 2.48. The third-order valence-corrected chi connectivity index (χ3v) is 26.4. The molecule has 24 rings (SSSR count). The zero-order valence-corrected chi connectivity index (χ0v) is 71.8. The maximum atomic E-state index is 4.95. The van der Waals surface area contributed by atoms with E-state index in [0.717, 1.165) is 158 Å². The zero-order chi connectivity index (χ0) is 86.7. The first kappa shape index (κ1) is 77.4. The van der Waals surface area contributed by atoms with Gasteiger partial charge in [0.1, 0.15) is 0 Å². The molecule has 0 fully saturated rings. The normalized spacial score (nSPS) is 11.6. The van der Waals surface area contributed by atoms with E-state index in [1.807, 2.05) is 36.8 Å². The minimum Gasteiger partial charge on any atom is -0.309 e. The molecule has 6 heterocycles. The fourth-order valence-electron chi connectivity index (χ4n) is 20.1. The highest BCUT2D eigenvalue weighted by molar-refractivity contribution is 6.13. The Hall–Kier alpha value is -17.2. The van der Waals surface area contributed by atoms with E-state index in [1.54, 1.807) is 0 Å². The number of pyridine rings is 3. The average Bonchev–Trinajstić information content (AvgIpc) is 1.61. The summed E-state index contributed by atoms with van der Waals surface area (Å²) in [5.74, 6) is 0. The second-order valence-corrected chi connectivity index (χ2v) is 34.0. The van der Waals surface area contributed by atoms with Crippen LogP contribution in [-0.4, -0.2) is 28.7 Å². The van der Waals surface area contributed by atoms with Gasteiger partial charge in [-0.1, -0.05) is 315 Å². The van der Waals surface area contributed by atoms with Gasteiger partial charge in [0.05, 0.1) is 50.2 Å². The molecule has 6 aromatic heterocycles. The Morgan fingerprint density at radius 3 is 0.809 bits per heavy atom. The number of para-hydroxylation sites is 3. The molecule has 0 saturated heterocycles. The first-order valence-electron chi connectivity index (χ1n) is 45.0. The number of rotatable bonds is 19. The van der Waals surface area contributed by atoms with Crippen LogP contribution >= 0.6 is 0 Å². The lowest BCUT2D eigenvalue weighted by molar-refractivity contribution is 0.963. The van der Waals surface area contributed by atoms with Crippen LogP contribution in [0.15, 0.2) is 486 Å². The molecule has 0 saturated carbocycles. The van der Waals surface area contributed by atoms with Crippen LogP contribution in [0, 0.1) is 0 Å². The van der Waals surface area contributed by atoms with E-state index in [4.69, 9.17) is 15.0 Å². The summed E-state index contributed by atoms with van der Waals surface area (Å²) in [4.78, 5) is 14.8. The van der Waals surface area contributed by atoms with Crippen molar-refractivity contribution in [2.45, 2.75) is 12.8 Å². The first-order valence-corrected chi connectivity index (χ1v) is 45.0. The van der Waals surface area contributed by atoms with E-state index >= 15 is 0 Å². The van der Waals surface area contributed by atoms with Crippen molar-refractivity contribution in [3.63, 3.8) is 0 Å². The summed E-state index contributed by atoms with van der Waals surface area (Å²) in [6.07, 6.45) is 7.15. The highest BCUT2D eigenvalue weighted by Gasteiger charge is 2.24. The number of benzene rings is 18. The number of aromatic nitrogens is 6. The molecule has 0 aliphatic heterocycles. The fraction of sp³-hybridized carbons (Fsp3) is 0.0160. The van der Waals surface area contributed by atoms with Gasteiger partial charge < -0.3 is 13.7 Å². The van der Waals surface area contributed by atoms with Crippen LogP contribution in [0.1, 0.15) is 11.1 Å². The van der Waals surface area contributed by atoms with Crippen LogP contribution < -0.4 is 0 Å². The highest BCUT2D eigenvalue weighted by atomic mass is 15.0. The Kier molecular flexibility index (Phi) is 19.7. The van der Waals surface area contributed by atoms with Gasteiger partial charge in [0, 0.05) is 84.7 Å². The molecule has 0 atom stereocenters. The Bertz CT molecular complexity index is 8100. The molecule has 0 unspecified atom stereocenters. The summed E-state index contributed by atoms with van der Waals surface area (Å²) < 4.78 is 7.26.